The smallest absolute Gasteiger partial charge is 1.00 e. The molecule has 0 atom stereocenters. The van der Waals surface area contributed by atoms with Gasteiger partial charge in [-0.3, -0.25) is 19.3 Å². The fourth-order valence-electron chi connectivity index (χ4n) is 7.21. The van der Waals surface area contributed by atoms with Crippen molar-refractivity contribution >= 4 is 111 Å². The number of hydrogen-bond donors (Lipinski definition) is 3. The summed E-state index contributed by atoms with van der Waals surface area (Å²) in [7, 11) is 0. The number of pyridine rings is 2. The summed E-state index contributed by atoms with van der Waals surface area (Å²) >= 11 is 5.86. The molecule has 10 rings (SSSR count). The predicted molar refractivity (Wildman–Crippen MR) is 292 cm³/mol. The van der Waals surface area contributed by atoms with E-state index in [0.29, 0.717) is 34.9 Å². The van der Waals surface area contributed by atoms with E-state index in [-0.39, 0.29) is 166 Å². The molecule has 2 fully saturated rings. The van der Waals surface area contributed by atoms with Gasteiger partial charge in [0.1, 0.15) is 11.5 Å². The first-order valence-electron chi connectivity index (χ1n) is 28.7. The van der Waals surface area contributed by atoms with E-state index >= 15 is 0 Å². The first-order chi connectivity index (χ1) is 38.8. The largest absolute Gasteiger partial charge is 1.00 e. The number of piperazine rings is 2. The maximum Gasteiger partial charge on any atom is 1.00 e. The molecule has 0 saturated carbocycles. The van der Waals surface area contributed by atoms with Gasteiger partial charge in [0.25, 0.3) is 6.47 Å². The van der Waals surface area contributed by atoms with Crippen molar-refractivity contribution in [2.75, 3.05) is 87.1 Å². The molecule has 4 aromatic heterocycles. The Morgan fingerprint density at radius 1 is 0.662 bits per heavy atom. The second kappa shape index (κ2) is 34.4. The van der Waals surface area contributed by atoms with E-state index in [0.717, 1.165) is 42.0 Å². The topological polar surface area (TPSA) is 155 Å². The van der Waals surface area contributed by atoms with Crippen LogP contribution in [0.25, 0.3) is 42.0 Å². The van der Waals surface area contributed by atoms with Crippen LogP contribution in [0.15, 0.2) is 130 Å². The zero-order chi connectivity index (χ0) is 61.0. The molecule has 0 spiro atoms. The number of carbonyl (C=O) groups is 1. The molecule has 370 valence electrons. The number of nitrogens with one attached hydrogen (secondary N) is 3. The van der Waals surface area contributed by atoms with Crippen LogP contribution in [0, 0.1) is 0 Å². The van der Waals surface area contributed by atoms with Gasteiger partial charge in [0.05, 0.1) is 29.6 Å². The van der Waals surface area contributed by atoms with Crippen LogP contribution < -0.4 is 144 Å². The molecular formula is C52H62BrClK2N6O7S2. The number of aromatic amines is 2. The molecule has 0 aliphatic carbocycles. The molecule has 0 amide bonds. The summed E-state index contributed by atoms with van der Waals surface area (Å²) in [4.78, 5) is 45.1. The molecule has 2 aliphatic rings. The molecule has 0 unspecified atom stereocenters. The molecule has 4 aromatic carbocycles. The number of halogens is 2. The van der Waals surface area contributed by atoms with E-state index in [1.54, 1.807) is 29.5 Å². The number of benzene rings is 4. The summed E-state index contributed by atoms with van der Waals surface area (Å²) < 4.78 is 142. The average Bonchev–Trinajstić information content (AvgIpc) is 4.31. The Balaban J connectivity index is 0.000000462. The monoisotopic (exact) mass is 1150 g/mol. The molecule has 6 heterocycles. The number of aromatic nitrogens is 2. The van der Waals surface area contributed by atoms with Crippen LogP contribution in [0.1, 0.15) is 56.3 Å². The van der Waals surface area contributed by atoms with Crippen molar-refractivity contribution in [1.82, 2.24) is 20.2 Å². The molecule has 19 heteroatoms. The van der Waals surface area contributed by atoms with Gasteiger partial charge in [0.15, 0.2) is 0 Å². The first-order valence-corrected chi connectivity index (χ1v) is 23.3. The summed E-state index contributed by atoms with van der Waals surface area (Å²) in [5, 5.41) is 16.9. The normalized spacial score (nSPS) is 18.0. The maximum absolute atomic E-state index is 11.6. The summed E-state index contributed by atoms with van der Waals surface area (Å²) in [6.45, 7) is -4.05. The number of fused-ring (bicyclic) bond motifs is 4. The first kappa shape index (κ1) is 42.0. The van der Waals surface area contributed by atoms with Gasteiger partial charge in [-0.15, -0.1) is 35.1 Å². The number of ether oxygens (including phenoxy) is 2. The van der Waals surface area contributed by atoms with E-state index in [1.165, 1.54) is 63.1 Å². The van der Waals surface area contributed by atoms with Crippen molar-refractivity contribution in [3.63, 3.8) is 0 Å². The summed E-state index contributed by atoms with van der Waals surface area (Å²) in [6.07, 6.45) is -13.3. The van der Waals surface area contributed by atoms with E-state index in [2.05, 4.69) is 75.5 Å². The molecular weight excluding hydrogens is 1080 g/mol. The fourth-order valence-corrected chi connectivity index (χ4v) is 8.92. The number of hydrogen-bond acceptors (Lipinski definition) is 13. The van der Waals surface area contributed by atoms with Crippen LogP contribution in [-0.4, -0.2) is 98.6 Å². The average molecular weight is 1160 g/mol. The second-order valence-electron chi connectivity index (χ2n) is 14.4. The SMILES string of the molecule is C.Cl.O=CO[O-].[2H]C([2H])(Br)C([2H])([2H])C([2H])([2H])C([2H])([2H])Oc1ccc2ccc(=O)[nH]c2c1.[2H]C([2H])(Oc1ccc2ccc(=O)[nH]c2c1)C([2H])([2H])C([2H])([2H])C([2H])([2H])N1CCN(c2cccc3sccc23)CC1.[H-].[K+].[K+].c1cc(N2CCNCC2)c2ccsc2c1. The van der Waals surface area contributed by atoms with Gasteiger partial charge in [-0.1, -0.05) is 35.5 Å². The van der Waals surface area contributed by atoms with Crippen molar-refractivity contribution in [3.8, 4) is 11.5 Å². The van der Waals surface area contributed by atoms with Crippen molar-refractivity contribution < 1.29 is 151 Å². The summed E-state index contributed by atoms with van der Waals surface area (Å²) in [5.74, 6) is -0.278. The van der Waals surface area contributed by atoms with Gasteiger partial charge in [0.2, 0.25) is 11.1 Å². The molecule has 0 radical (unpaired) electrons. The summed E-state index contributed by atoms with van der Waals surface area (Å²) in [6, 6.07) is 31.0. The molecule has 71 heavy (non-hydrogen) atoms. The van der Waals surface area contributed by atoms with Crippen molar-refractivity contribution in [3.05, 3.63) is 141 Å². The third-order valence-electron chi connectivity index (χ3n) is 10.3. The van der Waals surface area contributed by atoms with Crippen LogP contribution in [0.4, 0.5) is 11.4 Å². The predicted octanol–water partition coefficient (Wildman–Crippen LogP) is 3.73. The minimum absolute atomic E-state index is 0. The van der Waals surface area contributed by atoms with Crippen LogP contribution in [0.2, 0.25) is 0 Å². The molecule has 3 N–H and O–H groups in total. The minimum Gasteiger partial charge on any atom is -1.00 e. The van der Waals surface area contributed by atoms with Crippen LogP contribution in [0.5, 0.6) is 11.5 Å². The van der Waals surface area contributed by atoms with Gasteiger partial charge in [0, 0.05) is 130 Å². The Hall–Kier alpha value is -2.19. The number of rotatable bonds is 14. The zero-order valence-corrected chi connectivity index (χ0v) is 48.4. The minimum atomic E-state index is -3.41. The number of nitrogens with zero attached hydrogens (tertiary/aromatic N) is 3. The number of alkyl halides is 1. The van der Waals surface area contributed by atoms with Crippen molar-refractivity contribution in [2.45, 2.75) is 32.9 Å². The quantitative estimate of drug-likeness (QED) is 0.0480. The fraction of sp³-hybridized carbons (Fsp3) is 0.327. The Kier molecular flexibility index (Phi) is 20.3. The Morgan fingerprint density at radius 3 is 1.61 bits per heavy atom. The van der Waals surface area contributed by atoms with E-state index < -0.39 is 50.4 Å². The van der Waals surface area contributed by atoms with E-state index in [1.807, 2.05) is 41.0 Å². The van der Waals surface area contributed by atoms with Gasteiger partial charge >= 0.3 is 103 Å². The van der Waals surface area contributed by atoms with Crippen LogP contribution in [0.3, 0.4) is 0 Å². The Bertz CT molecular complexity index is 3670. The molecule has 13 nitrogen and oxygen atoms in total. The molecule has 2 saturated heterocycles. The number of H-pyrrole nitrogens is 2. The Labute approximate surface area is 547 Å². The zero-order valence-electron chi connectivity index (χ0n) is 55.1. The van der Waals surface area contributed by atoms with E-state index in [9.17, 15) is 9.59 Å². The van der Waals surface area contributed by atoms with Crippen LogP contribution in [-0.2, 0) is 9.68 Å². The number of carbonyl (C=O) groups excluding carboxylic acids is 1. The van der Waals surface area contributed by atoms with Gasteiger partial charge in [-0.2, -0.15) is 0 Å². The molecule has 2 aliphatic heterocycles. The summed E-state index contributed by atoms with van der Waals surface area (Å²) in [5.41, 5.74) is 2.32. The van der Waals surface area contributed by atoms with Gasteiger partial charge < -0.3 is 46.1 Å². The third kappa shape index (κ3) is 19.5. The molecule has 0 bridgehead atoms. The van der Waals surface area contributed by atoms with E-state index in [4.69, 9.17) is 41.5 Å². The van der Waals surface area contributed by atoms with Gasteiger partial charge in [-0.25, -0.2) is 0 Å². The molecule has 8 aromatic rings. The van der Waals surface area contributed by atoms with Crippen molar-refractivity contribution in [1.29, 1.82) is 0 Å². The standard InChI is InChI=1S/C25H27N3O2S.C13H14BrNO2.C12H14N2S.CH2O3.CH4.ClH.2K.H/c29-25-9-7-19-6-8-20(18-22(19)26-25)30-16-2-1-11-27-12-14-28(15-13-27)23-4-3-5-24-21(23)10-17-31-24;14-7-1-2-8-17-11-5-3-10-4-6-13(16)15-12(10)9-11;1-2-11(14-7-5-13-6-8-14)10-4-9-15-12(10)3-1;2-1-4-3;;;;;/h3-10,17-18H,1-2,11-16H2,(H,26,29);3-6,9H,1-2,7-8H2,(H,15,16);1-4,9,13H,5-8H2;1,3H;1H4;1H;;;/q;;;;;;2*+1;-1/p-1/i1D2,2D2,11D2,16D2;1D2,2D2,7D2,8D2;;;;;;;. The number of anilines is 2. The van der Waals surface area contributed by atoms with Crippen molar-refractivity contribution in [2.24, 2.45) is 0 Å². The second-order valence-corrected chi connectivity index (χ2v) is 16.7. The Morgan fingerprint density at radius 2 is 1.13 bits per heavy atom. The van der Waals surface area contributed by atoms with Crippen LogP contribution >= 0.6 is 51.0 Å². The maximum atomic E-state index is 11.6. The van der Waals surface area contributed by atoms with Gasteiger partial charge in [-0.05, 0) is 126 Å². The number of thiophene rings is 2. The third-order valence-corrected chi connectivity index (χ3v) is 12.2.